The summed E-state index contributed by atoms with van der Waals surface area (Å²) >= 11 is 0. The van der Waals surface area contributed by atoms with Gasteiger partial charge in [-0.05, 0) is 27.7 Å². The molecule has 0 aliphatic carbocycles. The smallest absolute Gasteiger partial charge is 0.141 e. The predicted molar refractivity (Wildman–Crippen MR) is 63.2 cm³/mol. The molecule has 1 heterocycles. The summed E-state index contributed by atoms with van der Waals surface area (Å²) in [6.07, 6.45) is 1.60. The van der Waals surface area contributed by atoms with Crippen molar-refractivity contribution in [3.05, 3.63) is 12.2 Å². The number of hydrogen-bond donors (Lipinski definition) is 1. The molecule has 0 amide bonds. The Kier molecular flexibility index (Phi) is 5.42. The average molecular weight is 226 g/mol. The van der Waals surface area contributed by atoms with Crippen molar-refractivity contribution in [2.24, 2.45) is 0 Å². The van der Waals surface area contributed by atoms with E-state index < -0.39 is 0 Å². The van der Waals surface area contributed by atoms with Crippen molar-refractivity contribution in [1.82, 2.24) is 20.1 Å². The van der Waals surface area contributed by atoms with Crippen LogP contribution in [0.25, 0.3) is 0 Å². The van der Waals surface area contributed by atoms with Crippen molar-refractivity contribution in [3.8, 4) is 0 Å². The highest BCUT2D eigenvalue weighted by molar-refractivity contribution is 4.86. The molecule has 0 fully saturated rings. The molecule has 1 unspecified atom stereocenters. The molecular formula is C11H22N4O. The van der Waals surface area contributed by atoms with Crippen molar-refractivity contribution in [1.29, 1.82) is 0 Å². The monoisotopic (exact) mass is 226 g/mol. The van der Waals surface area contributed by atoms with Crippen molar-refractivity contribution in [3.63, 3.8) is 0 Å². The first-order chi connectivity index (χ1) is 7.65. The zero-order valence-corrected chi connectivity index (χ0v) is 10.6. The number of ether oxygens (including phenoxy) is 1. The fraction of sp³-hybridized carbons (Fsp3) is 0.818. The molecule has 0 saturated carbocycles. The maximum absolute atomic E-state index is 5.34. The third-order valence-corrected chi connectivity index (χ3v) is 2.32. The predicted octanol–water partition coefficient (Wildman–Crippen LogP) is 1.37. The normalized spacial score (nSPS) is 13.3. The third-order valence-electron chi connectivity index (χ3n) is 2.32. The molecule has 0 spiro atoms. The Hall–Kier alpha value is -0.940. The van der Waals surface area contributed by atoms with Gasteiger partial charge in [-0.2, -0.15) is 5.10 Å². The molecule has 16 heavy (non-hydrogen) atoms. The third kappa shape index (κ3) is 3.90. The summed E-state index contributed by atoms with van der Waals surface area (Å²) in [4.78, 5) is 4.24. The molecule has 0 radical (unpaired) electrons. The van der Waals surface area contributed by atoms with Crippen LogP contribution in [0.3, 0.4) is 0 Å². The molecule has 0 bridgehead atoms. The summed E-state index contributed by atoms with van der Waals surface area (Å²) in [7, 11) is 0. The molecule has 0 aromatic carbocycles. The highest BCUT2D eigenvalue weighted by Gasteiger charge is 2.08. The number of nitrogens with one attached hydrogen (secondary N) is 1. The van der Waals surface area contributed by atoms with Gasteiger partial charge in [-0.15, -0.1) is 0 Å². The van der Waals surface area contributed by atoms with Crippen molar-refractivity contribution in [2.75, 3.05) is 13.2 Å². The molecule has 5 nitrogen and oxygen atoms in total. The van der Waals surface area contributed by atoms with Crippen LogP contribution in [0.15, 0.2) is 6.33 Å². The minimum Gasteiger partial charge on any atom is -0.380 e. The van der Waals surface area contributed by atoms with Gasteiger partial charge in [0.1, 0.15) is 12.2 Å². The van der Waals surface area contributed by atoms with Gasteiger partial charge < -0.3 is 10.1 Å². The molecule has 0 aliphatic rings. The number of aromatic nitrogens is 3. The Morgan fingerprint density at radius 1 is 1.44 bits per heavy atom. The van der Waals surface area contributed by atoms with Crippen LogP contribution >= 0.6 is 0 Å². The lowest BCUT2D eigenvalue weighted by Crippen LogP contribution is -2.31. The highest BCUT2D eigenvalue weighted by Crippen LogP contribution is 2.04. The standard InChI is InChI=1S/C11H22N4O/c1-5-16-7-10(4)12-6-11-13-8-14-15(11)9(2)3/h8-10,12H,5-7H2,1-4H3. The summed E-state index contributed by atoms with van der Waals surface area (Å²) in [6, 6.07) is 0.679. The van der Waals surface area contributed by atoms with E-state index >= 15 is 0 Å². The van der Waals surface area contributed by atoms with E-state index in [0.29, 0.717) is 12.1 Å². The molecule has 92 valence electrons. The first-order valence-electron chi connectivity index (χ1n) is 5.84. The number of rotatable bonds is 7. The van der Waals surface area contributed by atoms with Gasteiger partial charge in [0, 0.05) is 18.7 Å². The molecule has 1 atom stereocenters. The zero-order chi connectivity index (χ0) is 12.0. The van der Waals surface area contributed by atoms with E-state index in [0.717, 1.165) is 25.6 Å². The quantitative estimate of drug-likeness (QED) is 0.763. The van der Waals surface area contributed by atoms with Crippen LogP contribution in [-0.4, -0.2) is 34.0 Å². The van der Waals surface area contributed by atoms with Crippen LogP contribution in [0.1, 0.15) is 39.6 Å². The van der Waals surface area contributed by atoms with E-state index in [1.807, 2.05) is 11.6 Å². The largest absolute Gasteiger partial charge is 0.380 e. The van der Waals surface area contributed by atoms with E-state index in [2.05, 4.69) is 36.2 Å². The molecular weight excluding hydrogens is 204 g/mol. The lowest BCUT2D eigenvalue weighted by atomic mass is 10.3. The summed E-state index contributed by atoms with van der Waals surface area (Å²) < 4.78 is 7.27. The Labute approximate surface area is 97.2 Å². The van der Waals surface area contributed by atoms with Gasteiger partial charge in [0.25, 0.3) is 0 Å². The van der Waals surface area contributed by atoms with Crippen LogP contribution in [0.2, 0.25) is 0 Å². The average Bonchev–Trinajstić information content (AvgIpc) is 2.71. The maximum Gasteiger partial charge on any atom is 0.141 e. The van der Waals surface area contributed by atoms with Crippen LogP contribution in [0.5, 0.6) is 0 Å². The second-order valence-corrected chi connectivity index (χ2v) is 4.16. The molecule has 1 N–H and O–H groups in total. The molecule has 1 rings (SSSR count). The van der Waals surface area contributed by atoms with Gasteiger partial charge in [0.15, 0.2) is 0 Å². The Morgan fingerprint density at radius 2 is 2.19 bits per heavy atom. The molecule has 0 aliphatic heterocycles. The summed E-state index contributed by atoms with van der Waals surface area (Å²) in [5.74, 6) is 0.971. The van der Waals surface area contributed by atoms with Gasteiger partial charge in [-0.1, -0.05) is 0 Å². The fourth-order valence-electron chi connectivity index (χ4n) is 1.45. The summed E-state index contributed by atoms with van der Waals surface area (Å²) in [5.41, 5.74) is 0. The van der Waals surface area contributed by atoms with E-state index in [1.165, 1.54) is 0 Å². The second kappa shape index (κ2) is 6.60. The van der Waals surface area contributed by atoms with Gasteiger partial charge in [-0.3, -0.25) is 0 Å². The van der Waals surface area contributed by atoms with Crippen LogP contribution in [-0.2, 0) is 11.3 Å². The highest BCUT2D eigenvalue weighted by atomic mass is 16.5. The van der Waals surface area contributed by atoms with Crippen molar-refractivity contribution in [2.45, 2.75) is 46.3 Å². The van der Waals surface area contributed by atoms with E-state index in [-0.39, 0.29) is 0 Å². The number of nitrogens with zero attached hydrogens (tertiary/aromatic N) is 3. The van der Waals surface area contributed by atoms with Crippen molar-refractivity contribution < 1.29 is 4.74 Å². The molecule has 0 saturated heterocycles. The number of hydrogen-bond acceptors (Lipinski definition) is 4. The lowest BCUT2D eigenvalue weighted by Gasteiger charge is -2.14. The van der Waals surface area contributed by atoms with Gasteiger partial charge in [0.05, 0.1) is 13.2 Å². The topological polar surface area (TPSA) is 52.0 Å². The van der Waals surface area contributed by atoms with Crippen LogP contribution in [0, 0.1) is 0 Å². The van der Waals surface area contributed by atoms with Gasteiger partial charge in [-0.25, -0.2) is 9.67 Å². The Balaban J connectivity index is 2.39. The molecule has 5 heteroatoms. The first-order valence-corrected chi connectivity index (χ1v) is 5.84. The molecule has 1 aromatic heterocycles. The maximum atomic E-state index is 5.34. The minimum atomic E-state index is 0.331. The fourth-order valence-corrected chi connectivity index (χ4v) is 1.45. The first kappa shape index (κ1) is 13.1. The van der Waals surface area contributed by atoms with Crippen molar-refractivity contribution >= 4 is 0 Å². The molecule has 1 aromatic rings. The van der Waals surface area contributed by atoms with Crippen LogP contribution < -0.4 is 5.32 Å². The van der Waals surface area contributed by atoms with E-state index in [4.69, 9.17) is 4.74 Å². The summed E-state index contributed by atoms with van der Waals surface area (Å²) in [6.45, 7) is 10.5. The van der Waals surface area contributed by atoms with Crippen LogP contribution in [0.4, 0.5) is 0 Å². The van der Waals surface area contributed by atoms with E-state index in [1.54, 1.807) is 6.33 Å². The summed E-state index contributed by atoms with van der Waals surface area (Å²) in [5, 5.41) is 7.56. The minimum absolute atomic E-state index is 0.331. The Bertz CT molecular complexity index is 298. The second-order valence-electron chi connectivity index (χ2n) is 4.16. The Morgan fingerprint density at radius 3 is 2.81 bits per heavy atom. The van der Waals surface area contributed by atoms with E-state index in [9.17, 15) is 0 Å². The lowest BCUT2D eigenvalue weighted by molar-refractivity contribution is 0.126. The SMILES string of the molecule is CCOCC(C)NCc1ncnn1C(C)C. The van der Waals surface area contributed by atoms with Gasteiger partial charge >= 0.3 is 0 Å². The zero-order valence-electron chi connectivity index (χ0n) is 10.6. The van der Waals surface area contributed by atoms with Gasteiger partial charge in [0.2, 0.25) is 0 Å².